The molecule has 12 heteroatoms. The topological polar surface area (TPSA) is 65.1 Å². The van der Waals surface area contributed by atoms with Crippen molar-refractivity contribution in [3.63, 3.8) is 0 Å². The number of hydrogen-bond donors (Lipinski definition) is 0. The van der Waals surface area contributed by atoms with E-state index in [0.29, 0.717) is 26.8 Å². The Hall–Kier alpha value is -2.37. The molecule has 0 saturated heterocycles. The van der Waals surface area contributed by atoms with E-state index >= 15 is 0 Å². The van der Waals surface area contributed by atoms with Crippen LogP contribution in [0.4, 0.5) is 22.0 Å². The zero-order valence-corrected chi connectivity index (χ0v) is 14.3. The van der Waals surface area contributed by atoms with E-state index in [-0.39, 0.29) is 11.1 Å². The molecular formula is C14H12F5N5OS. The van der Waals surface area contributed by atoms with Crippen molar-refractivity contribution in [1.82, 2.24) is 24.4 Å². The highest BCUT2D eigenvalue weighted by molar-refractivity contribution is 7.16. The number of hydrogen-bond acceptors (Lipinski definition) is 5. The van der Waals surface area contributed by atoms with E-state index in [9.17, 15) is 26.7 Å². The van der Waals surface area contributed by atoms with Crippen LogP contribution in [0.2, 0.25) is 0 Å². The van der Waals surface area contributed by atoms with Crippen molar-refractivity contribution in [2.24, 2.45) is 0 Å². The third-order valence-electron chi connectivity index (χ3n) is 3.62. The van der Waals surface area contributed by atoms with Gasteiger partial charge in [0.1, 0.15) is 11.6 Å². The highest BCUT2D eigenvalue weighted by Gasteiger charge is 2.57. The normalized spacial score (nSPS) is 12.9. The maximum Gasteiger partial charge on any atom is 0.455 e. The number of aromatic nitrogens is 5. The summed E-state index contributed by atoms with van der Waals surface area (Å²) in [5, 5.41) is 8.18. The smallest absolute Gasteiger partial charge is 0.267 e. The summed E-state index contributed by atoms with van der Waals surface area (Å²) in [6.45, 7) is 1.77. The monoisotopic (exact) mass is 393 g/mol. The van der Waals surface area contributed by atoms with Crippen LogP contribution in [0.15, 0.2) is 17.2 Å². The Morgan fingerprint density at radius 2 is 1.92 bits per heavy atom. The van der Waals surface area contributed by atoms with Gasteiger partial charge in [-0.15, -0.1) is 0 Å². The molecule has 0 amide bonds. The van der Waals surface area contributed by atoms with E-state index in [1.807, 2.05) is 0 Å². The molecule has 3 aromatic heterocycles. The molecule has 0 fully saturated rings. The number of alkyl halides is 5. The average molecular weight is 393 g/mol. The molecule has 0 atom stereocenters. The van der Waals surface area contributed by atoms with E-state index < -0.39 is 24.2 Å². The largest absolute Gasteiger partial charge is 0.455 e. The molecule has 3 aromatic rings. The van der Waals surface area contributed by atoms with Gasteiger partial charge in [-0.25, -0.2) is 4.98 Å². The van der Waals surface area contributed by atoms with Gasteiger partial charge < -0.3 is 0 Å². The fraction of sp³-hybridized carbons (Fsp3) is 0.429. The van der Waals surface area contributed by atoms with Gasteiger partial charge >= 0.3 is 12.1 Å². The van der Waals surface area contributed by atoms with Gasteiger partial charge in [0.2, 0.25) is 4.96 Å². The summed E-state index contributed by atoms with van der Waals surface area (Å²) in [6.07, 6.45) is -3.29. The highest BCUT2D eigenvalue weighted by atomic mass is 32.1. The van der Waals surface area contributed by atoms with E-state index in [1.165, 1.54) is 11.3 Å². The Bertz CT molecular complexity index is 1020. The molecule has 0 aliphatic carbocycles. The standard InChI is InChI=1S/C14H12F5N5OS/c1-3-9-10(11(25)24-12(21-9)26-7(2)22-24)8-4-20-23(5-8)6-13(15,16)14(17,18)19/h4-5H,3,6H2,1-2H3. The average Bonchev–Trinajstić information content (AvgIpc) is 3.11. The fourth-order valence-electron chi connectivity index (χ4n) is 2.40. The molecule has 0 aliphatic rings. The first-order valence-corrected chi connectivity index (χ1v) is 8.22. The number of rotatable bonds is 4. The molecule has 0 spiro atoms. The maximum absolute atomic E-state index is 13.2. The molecule has 3 heterocycles. The van der Waals surface area contributed by atoms with Gasteiger partial charge in [0.05, 0.1) is 17.5 Å². The van der Waals surface area contributed by atoms with Crippen LogP contribution in [-0.4, -0.2) is 36.5 Å². The lowest BCUT2D eigenvalue weighted by molar-refractivity contribution is -0.287. The van der Waals surface area contributed by atoms with E-state index in [1.54, 1.807) is 13.8 Å². The van der Waals surface area contributed by atoms with Gasteiger partial charge in [0.15, 0.2) is 0 Å². The molecule has 0 N–H and O–H groups in total. The quantitative estimate of drug-likeness (QED) is 0.639. The zero-order valence-electron chi connectivity index (χ0n) is 13.5. The minimum absolute atomic E-state index is 0.0804. The molecule has 0 unspecified atom stereocenters. The molecule has 0 aliphatic heterocycles. The molecule has 0 bridgehead atoms. The first-order valence-electron chi connectivity index (χ1n) is 7.40. The SMILES string of the molecule is CCc1nc2sc(C)nn2c(=O)c1-c1cnn(CC(F)(F)C(F)(F)F)c1. The van der Waals surface area contributed by atoms with Gasteiger partial charge in [0.25, 0.3) is 5.56 Å². The summed E-state index contributed by atoms with van der Waals surface area (Å²) in [7, 11) is 0. The van der Waals surface area contributed by atoms with Gasteiger partial charge in [-0.1, -0.05) is 18.3 Å². The van der Waals surface area contributed by atoms with Gasteiger partial charge in [-0.05, 0) is 13.3 Å². The van der Waals surface area contributed by atoms with E-state index in [0.717, 1.165) is 16.9 Å². The van der Waals surface area contributed by atoms with E-state index in [2.05, 4.69) is 15.2 Å². The molecule has 140 valence electrons. The lowest BCUT2D eigenvalue weighted by Gasteiger charge is -2.19. The number of fused-ring (bicyclic) bond motifs is 1. The Morgan fingerprint density at radius 3 is 2.54 bits per heavy atom. The Balaban J connectivity index is 2.07. The summed E-state index contributed by atoms with van der Waals surface area (Å²) in [6, 6.07) is 0. The Kier molecular flexibility index (Phi) is 4.33. The lowest BCUT2D eigenvalue weighted by atomic mass is 10.1. The highest BCUT2D eigenvalue weighted by Crippen LogP contribution is 2.36. The second kappa shape index (κ2) is 6.11. The summed E-state index contributed by atoms with van der Waals surface area (Å²) in [5.41, 5.74) is 0.0494. The second-order valence-corrected chi connectivity index (χ2v) is 6.70. The zero-order chi connectivity index (χ0) is 19.3. The lowest BCUT2D eigenvalue weighted by Crippen LogP contribution is -2.40. The van der Waals surface area contributed by atoms with Crippen molar-refractivity contribution >= 4 is 16.3 Å². The van der Waals surface area contributed by atoms with Crippen molar-refractivity contribution in [1.29, 1.82) is 0 Å². The van der Waals surface area contributed by atoms with Crippen molar-refractivity contribution < 1.29 is 22.0 Å². The van der Waals surface area contributed by atoms with Crippen molar-refractivity contribution in [2.45, 2.75) is 38.9 Å². The maximum atomic E-state index is 13.2. The van der Waals surface area contributed by atoms with Crippen molar-refractivity contribution in [3.8, 4) is 11.1 Å². The first-order chi connectivity index (χ1) is 12.0. The molecular weight excluding hydrogens is 381 g/mol. The third-order valence-corrected chi connectivity index (χ3v) is 4.44. The molecule has 0 saturated carbocycles. The van der Waals surface area contributed by atoms with Gasteiger partial charge in [-0.2, -0.15) is 36.7 Å². The van der Waals surface area contributed by atoms with E-state index in [4.69, 9.17) is 0 Å². The van der Waals surface area contributed by atoms with Crippen molar-refractivity contribution in [2.75, 3.05) is 0 Å². The number of aryl methyl sites for hydroxylation is 2. The number of halogens is 5. The van der Waals surface area contributed by atoms with Crippen LogP contribution in [0, 0.1) is 6.92 Å². The summed E-state index contributed by atoms with van der Waals surface area (Å²) in [4.78, 5) is 17.4. The second-order valence-electron chi connectivity index (χ2n) is 5.54. The number of nitrogens with zero attached hydrogens (tertiary/aromatic N) is 5. The predicted octanol–water partition coefficient (Wildman–Crippen LogP) is 3.08. The summed E-state index contributed by atoms with van der Waals surface area (Å²) in [5.74, 6) is -4.94. The Morgan fingerprint density at radius 1 is 1.23 bits per heavy atom. The summed E-state index contributed by atoms with van der Waals surface area (Å²) < 4.78 is 65.0. The molecule has 0 radical (unpaired) electrons. The third kappa shape index (κ3) is 3.08. The molecule has 26 heavy (non-hydrogen) atoms. The van der Waals surface area contributed by atoms with Crippen LogP contribution in [0.3, 0.4) is 0 Å². The minimum atomic E-state index is -5.69. The van der Waals surface area contributed by atoms with Crippen LogP contribution in [0.5, 0.6) is 0 Å². The van der Waals surface area contributed by atoms with Crippen LogP contribution < -0.4 is 5.56 Å². The first kappa shape index (κ1) is 18.4. The van der Waals surface area contributed by atoms with Crippen molar-refractivity contribution in [3.05, 3.63) is 33.4 Å². The molecule has 6 nitrogen and oxygen atoms in total. The summed E-state index contributed by atoms with van der Waals surface area (Å²) >= 11 is 1.21. The molecule has 0 aromatic carbocycles. The van der Waals surface area contributed by atoms with Crippen LogP contribution in [0.1, 0.15) is 17.6 Å². The predicted molar refractivity (Wildman–Crippen MR) is 83.5 cm³/mol. The van der Waals surface area contributed by atoms with Gasteiger partial charge in [-0.3, -0.25) is 9.48 Å². The Labute approximate surface area is 146 Å². The van der Waals surface area contributed by atoms with Crippen LogP contribution >= 0.6 is 11.3 Å². The van der Waals surface area contributed by atoms with Crippen LogP contribution in [-0.2, 0) is 13.0 Å². The molecule has 3 rings (SSSR count). The van der Waals surface area contributed by atoms with Crippen LogP contribution in [0.25, 0.3) is 16.1 Å². The fourth-order valence-corrected chi connectivity index (χ4v) is 3.15. The minimum Gasteiger partial charge on any atom is -0.267 e. The van der Waals surface area contributed by atoms with Gasteiger partial charge in [0, 0.05) is 11.8 Å².